The smallest absolute Gasteiger partial charge is 0.163 e. The van der Waals surface area contributed by atoms with Crippen LogP contribution in [0.3, 0.4) is 0 Å². The highest BCUT2D eigenvalue weighted by molar-refractivity contribution is 5.36. The molecule has 0 saturated carbocycles. The summed E-state index contributed by atoms with van der Waals surface area (Å²) in [6.07, 6.45) is 0. The van der Waals surface area contributed by atoms with Crippen LogP contribution in [0.15, 0.2) is 0 Å². The first-order valence-corrected chi connectivity index (χ1v) is 4.06. The molecule has 0 aromatic carbocycles. The number of hydrogen-bond donors (Lipinski definition) is 1. The lowest BCUT2D eigenvalue weighted by molar-refractivity contribution is 0.394. The highest BCUT2D eigenvalue weighted by Crippen LogP contribution is 2.30. The van der Waals surface area contributed by atoms with Crippen molar-refractivity contribution in [1.82, 2.24) is 10.2 Å². The SMILES string of the molecule is COc1c(C)n[nH]c1C(C)(C)C. The minimum Gasteiger partial charge on any atom is -0.493 e. The van der Waals surface area contributed by atoms with Crippen molar-refractivity contribution < 1.29 is 4.74 Å². The lowest BCUT2D eigenvalue weighted by Gasteiger charge is -2.17. The normalized spacial score (nSPS) is 11.8. The number of nitrogens with one attached hydrogen (secondary N) is 1. The zero-order valence-electron chi connectivity index (χ0n) is 8.36. The summed E-state index contributed by atoms with van der Waals surface area (Å²) in [5, 5.41) is 7.09. The number of rotatable bonds is 1. The standard InChI is InChI=1S/C9H16N2O/c1-6-7(12-5)8(11-10-6)9(2,3)4/h1-5H3,(H,10,11). The Hall–Kier alpha value is -0.990. The lowest BCUT2D eigenvalue weighted by Crippen LogP contribution is -2.13. The molecule has 0 spiro atoms. The van der Waals surface area contributed by atoms with Gasteiger partial charge in [0.2, 0.25) is 0 Å². The summed E-state index contributed by atoms with van der Waals surface area (Å²) in [4.78, 5) is 0. The van der Waals surface area contributed by atoms with E-state index in [4.69, 9.17) is 4.74 Å². The molecule has 0 radical (unpaired) electrons. The average molecular weight is 168 g/mol. The van der Waals surface area contributed by atoms with Crippen molar-refractivity contribution >= 4 is 0 Å². The van der Waals surface area contributed by atoms with Gasteiger partial charge in [-0.3, -0.25) is 5.10 Å². The minimum absolute atomic E-state index is 0.0621. The quantitative estimate of drug-likeness (QED) is 0.696. The molecule has 0 fully saturated rings. The minimum atomic E-state index is 0.0621. The molecule has 0 unspecified atom stereocenters. The van der Waals surface area contributed by atoms with Gasteiger partial charge in [-0.15, -0.1) is 0 Å². The Kier molecular flexibility index (Phi) is 2.13. The monoisotopic (exact) mass is 168 g/mol. The van der Waals surface area contributed by atoms with E-state index in [-0.39, 0.29) is 5.41 Å². The Labute approximate surface area is 73.1 Å². The number of methoxy groups -OCH3 is 1. The first kappa shape index (κ1) is 9.10. The van der Waals surface area contributed by atoms with Gasteiger partial charge >= 0.3 is 0 Å². The highest BCUT2D eigenvalue weighted by atomic mass is 16.5. The molecule has 0 aliphatic carbocycles. The molecule has 3 nitrogen and oxygen atoms in total. The summed E-state index contributed by atoms with van der Waals surface area (Å²) in [5.74, 6) is 0.877. The molecule has 1 aromatic heterocycles. The van der Waals surface area contributed by atoms with E-state index in [1.54, 1.807) is 7.11 Å². The third-order valence-electron chi connectivity index (χ3n) is 1.85. The molecule has 12 heavy (non-hydrogen) atoms. The van der Waals surface area contributed by atoms with Crippen LogP contribution in [-0.2, 0) is 5.41 Å². The van der Waals surface area contributed by atoms with Gasteiger partial charge in [-0.25, -0.2) is 0 Å². The number of aromatic nitrogens is 2. The molecular formula is C9H16N2O. The molecule has 0 amide bonds. The van der Waals surface area contributed by atoms with Crippen LogP contribution in [-0.4, -0.2) is 17.3 Å². The van der Waals surface area contributed by atoms with E-state index in [1.165, 1.54) is 0 Å². The number of H-pyrrole nitrogens is 1. The summed E-state index contributed by atoms with van der Waals surface area (Å²) in [6, 6.07) is 0. The van der Waals surface area contributed by atoms with Gasteiger partial charge in [0.1, 0.15) is 5.69 Å². The summed E-state index contributed by atoms with van der Waals surface area (Å²) in [7, 11) is 1.67. The molecule has 0 bridgehead atoms. The second-order valence-electron chi connectivity index (χ2n) is 3.97. The number of aryl methyl sites for hydroxylation is 1. The molecule has 1 rings (SSSR count). The van der Waals surface area contributed by atoms with E-state index in [2.05, 4.69) is 31.0 Å². The van der Waals surface area contributed by atoms with Crippen LogP contribution in [0.25, 0.3) is 0 Å². The molecule has 0 aliphatic heterocycles. The van der Waals surface area contributed by atoms with Crippen LogP contribution in [0.2, 0.25) is 0 Å². The van der Waals surface area contributed by atoms with Gasteiger partial charge in [-0.1, -0.05) is 20.8 Å². The molecule has 1 aromatic rings. The molecule has 1 heterocycles. The molecule has 0 saturated heterocycles. The fraction of sp³-hybridized carbons (Fsp3) is 0.667. The van der Waals surface area contributed by atoms with Crippen LogP contribution < -0.4 is 4.74 Å². The van der Waals surface area contributed by atoms with Crippen LogP contribution in [0, 0.1) is 6.92 Å². The van der Waals surface area contributed by atoms with Crippen molar-refractivity contribution in [2.75, 3.05) is 7.11 Å². The predicted octanol–water partition coefficient (Wildman–Crippen LogP) is 2.02. The maximum atomic E-state index is 5.25. The van der Waals surface area contributed by atoms with E-state index in [0.717, 1.165) is 17.1 Å². The highest BCUT2D eigenvalue weighted by Gasteiger charge is 2.22. The molecule has 0 atom stereocenters. The van der Waals surface area contributed by atoms with Gasteiger partial charge in [-0.2, -0.15) is 5.10 Å². The Morgan fingerprint density at radius 3 is 2.25 bits per heavy atom. The third kappa shape index (κ3) is 1.44. The van der Waals surface area contributed by atoms with Crippen molar-refractivity contribution in [2.45, 2.75) is 33.1 Å². The Bertz CT molecular complexity index is 271. The Balaban J connectivity index is 3.16. The molecule has 0 aliphatic rings. The van der Waals surface area contributed by atoms with Crippen LogP contribution >= 0.6 is 0 Å². The molecule has 68 valence electrons. The number of ether oxygens (including phenoxy) is 1. The maximum Gasteiger partial charge on any atom is 0.163 e. The summed E-state index contributed by atoms with van der Waals surface area (Å²) >= 11 is 0. The number of nitrogens with zero attached hydrogens (tertiary/aromatic N) is 1. The predicted molar refractivity (Wildman–Crippen MR) is 48.6 cm³/mol. The second kappa shape index (κ2) is 2.81. The maximum absolute atomic E-state index is 5.25. The lowest BCUT2D eigenvalue weighted by atomic mass is 9.91. The zero-order valence-corrected chi connectivity index (χ0v) is 8.36. The summed E-state index contributed by atoms with van der Waals surface area (Å²) in [6.45, 7) is 8.32. The van der Waals surface area contributed by atoms with Crippen LogP contribution in [0.1, 0.15) is 32.2 Å². The molecule has 3 heteroatoms. The van der Waals surface area contributed by atoms with Crippen LogP contribution in [0.5, 0.6) is 5.75 Å². The molecule has 1 N–H and O–H groups in total. The van der Waals surface area contributed by atoms with Gasteiger partial charge in [0.25, 0.3) is 0 Å². The number of aromatic amines is 1. The van der Waals surface area contributed by atoms with E-state index in [0.29, 0.717) is 0 Å². The molecular weight excluding hydrogens is 152 g/mol. The fourth-order valence-electron chi connectivity index (χ4n) is 1.18. The van der Waals surface area contributed by atoms with E-state index in [1.807, 2.05) is 6.92 Å². The summed E-state index contributed by atoms with van der Waals surface area (Å²) in [5.41, 5.74) is 2.04. The van der Waals surface area contributed by atoms with Crippen molar-refractivity contribution in [3.05, 3.63) is 11.4 Å². The third-order valence-corrected chi connectivity index (χ3v) is 1.85. The zero-order chi connectivity index (χ0) is 9.35. The Morgan fingerprint density at radius 2 is 1.92 bits per heavy atom. The van der Waals surface area contributed by atoms with Crippen LogP contribution in [0.4, 0.5) is 0 Å². The van der Waals surface area contributed by atoms with E-state index < -0.39 is 0 Å². The topological polar surface area (TPSA) is 37.9 Å². The van der Waals surface area contributed by atoms with Gasteiger partial charge < -0.3 is 4.74 Å². The van der Waals surface area contributed by atoms with Crippen molar-refractivity contribution in [2.24, 2.45) is 0 Å². The largest absolute Gasteiger partial charge is 0.493 e. The van der Waals surface area contributed by atoms with Crippen molar-refractivity contribution in [3.63, 3.8) is 0 Å². The van der Waals surface area contributed by atoms with Gasteiger partial charge in [0.05, 0.1) is 12.8 Å². The first-order chi connectivity index (χ1) is 5.46. The van der Waals surface area contributed by atoms with Gasteiger partial charge in [0, 0.05) is 5.41 Å². The van der Waals surface area contributed by atoms with E-state index >= 15 is 0 Å². The van der Waals surface area contributed by atoms with Gasteiger partial charge in [0.15, 0.2) is 5.75 Å². The summed E-state index contributed by atoms with van der Waals surface area (Å²) < 4.78 is 5.25. The second-order valence-corrected chi connectivity index (χ2v) is 3.97. The average Bonchev–Trinajstić information content (AvgIpc) is 2.29. The van der Waals surface area contributed by atoms with Gasteiger partial charge in [-0.05, 0) is 6.92 Å². The fourth-order valence-corrected chi connectivity index (χ4v) is 1.18. The number of hydrogen-bond acceptors (Lipinski definition) is 2. The van der Waals surface area contributed by atoms with Crippen molar-refractivity contribution in [1.29, 1.82) is 0 Å². The van der Waals surface area contributed by atoms with Crippen molar-refractivity contribution in [3.8, 4) is 5.75 Å². The first-order valence-electron chi connectivity index (χ1n) is 4.06. The van der Waals surface area contributed by atoms with E-state index in [9.17, 15) is 0 Å². The Morgan fingerprint density at radius 1 is 1.33 bits per heavy atom.